The van der Waals surface area contributed by atoms with Crippen LogP contribution in [0.25, 0.3) is 6.08 Å². The van der Waals surface area contributed by atoms with Gasteiger partial charge in [-0.3, -0.25) is 9.59 Å². The predicted octanol–water partition coefficient (Wildman–Crippen LogP) is 3.91. The van der Waals surface area contributed by atoms with Gasteiger partial charge >= 0.3 is 5.97 Å². The highest BCUT2D eigenvalue weighted by Gasteiger charge is 2.18. The Bertz CT molecular complexity index is 975. The summed E-state index contributed by atoms with van der Waals surface area (Å²) in [5.74, 6) is -1.25. The van der Waals surface area contributed by atoms with Crippen molar-refractivity contribution >= 4 is 23.8 Å². The Labute approximate surface area is 176 Å². The highest BCUT2D eigenvalue weighted by Crippen LogP contribution is 2.15. The summed E-state index contributed by atoms with van der Waals surface area (Å²) in [6.45, 7) is 6.77. The van der Waals surface area contributed by atoms with Gasteiger partial charge in [-0.05, 0) is 54.7 Å². The van der Waals surface area contributed by atoms with Crippen LogP contribution in [-0.4, -0.2) is 26.5 Å². The minimum Gasteiger partial charge on any atom is -0.478 e. The number of hydrogen-bond acceptors (Lipinski definition) is 4. The number of nitrogens with zero attached hydrogens (tertiary/aromatic N) is 2. The Kier molecular flexibility index (Phi) is 8.53. The lowest BCUT2D eigenvalue weighted by Gasteiger charge is -2.18. The number of hydrogen-bond donors (Lipinski definition) is 2. The number of aryl methyl sites for hydroxylation is 1. The Hall–Kier alpha value is -3.22. The number of anilines is 1. The number of rotatable bonds is 10. The molecule has 2 aromatic heterocycles. The molecule has 0 aliphatic heterocycles. The van der Waals surface area contributed by atoms with E-state index in [1.165, 1.54) is 12.3 Å². The van der Waals surface area contributed by atoms with Gasteiger partial charge in [-0.1, -0.05) is 33.6 Å². The van der Waals surface area contributed by atoms with Crippen molar-refractivity contribution in [2.75, 3.05) is 5.32 Å². The third-order valence-electron chi connectivity index (χ3n) is 4.78. The molecule has 2 rings (SSSR count). The van der Waals surface area contributed by atoms with Crippen molar-refractivity contribution in [3.05, 3.63) is 63.2 Å². The van der Waals surface area contributed by atoms with E-state index in [9.17, 15) is 14.4 Å². The van der Waals surface area contributed by atoms with Crippen LogP contribution in [0.2, 0.25) is 0 Å². The minimum atomic E-state index is -1.05. The number of carbonyl (C=O) groups excluding carboxylic acids is 1. The van der Waals surface area contributed by atoms with E-state index in [2.05, 4.69) is 24.1 Å². The molecule has 0 aliphatic carbocycles. The first-order chi connectivity index (χ1) is 14.4. The van der Waals surface area contributed by atoms with Crippen molar-refractivity contribution in [2.45, 2.75) is 59.4 Å². The van der Waals surface area contributed by atoms with Crippen LogP contribution in [0.3, 0.4) is 0 Å². The van der Waals surface area contributed by atoms with Crippen molar-refractivity contribution < 1.29 is 14.7 Å². The molecule has 0 bridgehead atoms. The first-order valence-corrected chi connectivity index (χ1v) is 10.3. The number of carbonyl (C=O) groups is 2. The zero-order valence-corrected chi connectivity index (χ0v) is 17.8. The predicted molar refractivity (Wildman–Crippen MR) is 118 cm³/mol. The number of unbranched alkanes of at least 4 members (excludes halogenated alkanes) is 1. The quantitative estimate of drug-likeness (QED) is 0.577. The third kappa shape index (κ3) is 5.89. The standard InChI is InChI=1S/C23H29N3O4/c1-4-7-13-26-19(8-5-2)17(6-3)14-18(23(26)30)22(29)25-20-11-9-16(15-24-20)10-12-21(27)28/h9-12,14-15H,4-8,13H2,1-3H3,(H,27,28)(H,24,25,29)/b12-10+. The highest BCUT2D eigenvalue weighted by atomic mass is 16.4. The van der Waals surface area contributed by atoms with Gasteiger partial charge in [-0.2, -0.15) is 0 Å². The molecule has 1 amide bonds. The number of aliphatic carboxylic acids is 1. The molecule has 2 aromatic rings. The Balaban J connectivity index is 2.34. The summed E-state index contributed by atoms with van der Waals surface area (Å²) in [6, 6.07) is 4.92. The van der Waals surface area contributed by atoms with Crippen LogP contribution in [0.15, 0.2) is 35.3 Å². The van der Waals surface area contributed by atoms with Crippen LogP contribution in [0.4, 0.5) is 5.82 Å². The average molecular weight is 412 g/mol. The molecule has 0 fully saturated rings. The Morgan fingerprint density at radius 1 is 1.20 bits per heavy atom. The van der Waals surface area contributed by atoms with E-state index in [0.29, 0.717) is 17.9 Å². The number of carboxylic acid groups (broad SMARTS) is 1. The van der Waals surface area contributed by atoms with Gasteiger partial charge in [0.15, 0.2) is 0 Å². The molecule has 30 heavy (non-hydrogen) atoms. The highest BCUT2D eigenvalue weighted by molar-refractivity contribution is 6.03. The van der Waals surface area contributed by atoms with Crippen molar-refractivity contribution in [1.29, 1.82) is 0 Å². The molecule has 0 atom stereocenters. The van der Waals surface area contributed by atoms with Crippen molar-refractivity contribution in [1.82, 2.24) is 9.55 Å². The molecule has 7 heteroatoms. The van der Waals surface area contributed by atoms with E-state index in [-0.39, 0.29) is 11.1 Å². The first kappa shape index (κ1) is 23.1. The van der Waals surface area contributed by atoms with Crippen molar-refractivity contribution in [3.63, 3.8) is 0 Å². The lowest BCUT2D eigenvalue weighted by Crippen LogP contribution is -2.32. The molecule has 0 unspecified atom stereocenters. The zero-order chi connectivity index (χ0) is 22.1. The molecule has 7 nitrogen and oxygen atoms in total. The van der Waals surface area contributed by atoms with E-state index in [4.69, 9.17) is 5.11 Å². The van der Waals surface area contributed by atoms with Crippen LogP contribution >= 0.6 is 0 Å². The summed E-state index contributed by atoms with van der Waals surface area (Å²) in [7, 11) is 0. The lowest BCUT2D eigenvalue weighted by atomic mass is 10.0. The molecule has 0 saturated carbocycles. The van der Waals surface area contributed by atoms with Crippen molar-refractivity contribution in [3.8, 4) is 0 Å². The smallest absolute Gasteiger partial charge is 0.328 e. The molecular formula is C23H29N3O4. The second kappa shape index (κ2) is 11.1. The lowest BCUT2D eigenvalue weighted by molar-refractivity contribution is -0.131. The van der Waals surface area contributed by atoms with Gasteiger partial charge in [0.05, 0.1) is 0 Å². The largest absolute Gasteiger partial charge is 0.478 e. The maximum atomic E-state index is 13.1. The van der Waals surface area contributed by atoms with Gasteiger partial charge < -0.3 is 15.0 Å². The summed E-state index contributed by atoms with van der Waals surface area (Å²) < 4.78 is 1.76. The zero-order valence-electron chi connectivity index (χ0n) is 17.8. The molecule has 2 heterocycles. The number of amides is 1. The maximum absolute atomic E-state index is 13.1. The summed E-state index contributed by atoms with van der Waals surface area (Å²) >= 11 is 0. The normalized spacial score (nSPS) is 11.0. The molecule has 0 saturated heterocycles. The van der Waals surface area contributed by atoms with E-state index in [1.807, 2.05) is 6.92 Å². The van der Waals surface area contributed by atoms with Gasteiger partial charge in [0.25, 0.3) is 11.5 Å². The number of aromatic nitrogens is 2. The van der Waals surface area contributed by atoms with Crippen LogP contribution in [0, 0.1) is 0 Å². The second-order valence-corrected chi connectivity index (χ2v) is 7.05. The fraction of sp³-hybridized carbons (Fsp3) is 0.391. The number of pyridine rings is 2. The van der Waals surface area contributed by atoms with Gasteiger partial charge in [0.2, 0.25) is 0 Å². The van der Waals surface area contributed by atoms with Crippen LogP contribution < -0.4 is 10.9 Å². The van der Waals surface area contributed by atoms with E-state index in [0.717, 1.165) is 49.4 Å². The van der Waals surface area contributed by atoms with Gasteiger partial charge in [-0.25, -0.2) is 9.78 Å². The minimum absolute atomic E-state index is 0.111. The third-order valence-corrected chi connectivity index (χ3v) is 4.78. The summed E-state index contributed by atoms with van der Waals surface area (Å²) in [4.78, 5) is 40.6. The number of carboxylic acids is 1. The molecule has 160 valence electrons. The fourth-order valence-corrected chi connectivity index (χ4v) is 3.24. The summed E-state index contributed by atoms with van der Waals surface area (Å²) in [5, 5.41) is 11.4. The fourth-order valence-electron chi connectivity index (χ4n) is 3.24. The molecular weight excluding hydrogens is 382 g/mol. The van der Waals surface area contributed by atoms with Crippen LogP contribution in [0.5, 0.6) is 0 Å². The summed E-state index contributed by atoms with van der Waals surface area (Å²) in [6.07, 6.45) is 8.18. The number of nitrogens with one attached hydrogen (secondary N) is 1. The monoisotopic (exact) mass is 411 g/mol. The molecule has 0 radical (unpaired) electrons. The van der Waals surface area contributed by atoms with Gasteiger partial charge in [-0.15, -0.1) is 0 Å². The second-order valence-electron chi connectivity index (χ2n) is 7.05. The van der Waals surface area contributed by atoms with Crippen molar-refractivity contribution in [2.24, 2.45) is 0 Å². The van der Waals surface area contributed by atoms with E-state index < -0.39 is 11.9 Å². The maximum Gasteiger partial charge on any atom is 0.328 e. The first-order valence-electron chi connectivity index (χ1n) is 10.3. The van der Waals surface area contributed by atoms with Crippen LogP contribution in [0.1, 0.15) is 67.2 Å². The van der Waals surface area contributed by atoms with E-state index >= 15 is 0 Å². The Morgan fingerprint density at radius 3 is 2.53 bits per heavy atom. The topological polar surface area (TPSA) is 101 Å². The molecule has 0 aromatic carbocycles. The SMILES string of the molecule is CCCCn1c(CCC)c(CC)cc(C(=O)Nc2ccc(/C=C/C(=O)O)cn2)c1=O. The van der Waals surface area contributed by atoms with Gasteiger partial charge in [0, 0.05) is 24.5 Å². The van der Waals surface area contributed by atoms with Gasteiger partial charge in [0.1, 0.15) is 11.4 Å². The van der Waals surface area contributed by atoms with E-state index in [1.54, 1.807) is 22.8 Å². The molecule has 2 N–H and O–H groups in total. The summed E-state index contributed by atoms with van der Waals surface area (Å²) in [5.41, 5.74) is 2.46. The average Bonchev–Trinajstić information content (AvgIpc) is 2.73. The molecule has 0 aliphatic rings. The molecule has 0 spiro atoms. The Morgan fingerprint density at radius 2 is 1.97 bits per heavy atom. The van der Waals surface area contributed by atoms with Crippen LogP contribution in [-0.2, 0) is 24.2 Å².